The number of carboxylic acids is 1. The zero-order chi connectivity index (χ0) is 51.1. The highest BCUT2D eigenvalue weighted by molar-refractivity contribution is 7.98. The van der Waals surface area contributed by atoms with Crippen LogP contribution < -0.4 is 15.5 Å². The zero-order valence-electron chi connectivity index (χ0n) is 40.6. The SMILES string of the molecule is O=C(O)CCOCCOCCOCCOCCOCCOCCOCCOCCSCc1cccc(C(=O)Nc2ccc(N3CCCCC3)cc2-c2cc(C(=O)NCc3cccc(C(F)(F)F)c3)ccn2)c1. The number of alkyl halides is 3. The lowest BCUT2D eigenvalue weighted by Gasteiger charge is -2.29. The van der Waals surface area contributed by atoms with Gasteiger partial charge < -0.3 is 58.5 Å². The molecule has 16 nitrogen and oxygen atoms in total. The summed E-state index contributed by atoms with van der Waals surface area (Å²) in [4.78, 5) is 44.3. The third kappa shape index (κ3) is 22.7. The maximum Gasteiger partial charge on any atom is 0.416 e. The highest BCUT2D eigenvalue weighted by Crippen LogP contribution is 2.34. The minimum Gasteiger partial charge on any atom is -0.481 e. The van der Waals surface area contributed by atoms with Gasteiger partial charge in [-0.05, 0) is 85.0 Å². The van der Waals surface area contributed by atoms with Crippen LogP contribution in [-0.4, -0.2) is 152 Å². The van der Waals surface area contributed by atoms with Crippen molar-refractivity contribution in [1.29, 1.82) is 0 Å². The van der Waals surface area contributed by atoms with Crippen molar-refractivity contribution in [3.63, 3.8) is 0 Å². The fourth-order valence-electron chi connectivity index (χ4n) is 7.17. The molecule has 0 unspecified atom stereocenters. The fraction of sp³-hybridized carbons (Fsp3) is 0.500. The second-order valence-electron chi connectivity index (χ2n) is 16.3. The molecule has 5 rings (SSSR count). The molecule has 0 radical (unpaired) electrons. The molecule has 0 atom stereocenters. The van der Waals surface area contributed by atoms with Crippen molar-refractivity contribution in [1.82, 2.24) is 10.3 Å². The van der Waals surface area contributed by atoms with Crippen LogP contribution in [0, 0.1) is 0 Å². The minimum absolute atomic E-state index is 0.0201. The number of ether oxygens (including phenoxy) is 8. The van der Waals surface area contributed by atoms with Crippen molar-refractivity contribution in [3.05, 3.63) is 113 Å². The minimum atomic E-state index is -4.49. The van der Waals surface area contributed by atoms with Gasteiger partial charge in [0.1, 0.15) is 0 Å². The number of nitrogens with one attached hydrogen (secondary N) is 2. The molecular weight excluding hydrogens is 962 g/mol. The molecule has 0 saturated carbocycles. The number of hydrogen-bond acceptors (Lipinski definition) is 14. The Labute approximate surface area is 423 Å². The molecule has 2 heterocycles. The van der Waals surface area contributed by atoms with E-state index in [1.165, 1.54) is 18.3 Å². The molecule has 1 aromatic heterocycles. The predicted molar refractivity (Wildman–Crippen MR) is 268 cm³/mol. The van der Waals surface area contributed by atoms with Crippen LogP contribution in [0.4, 0.5) is 24.5 Å². The van der Waals surface area contributed by atoms with Crippen LogP contribution in [0.25, 0.3) is 11.3 Å². The Bertz CT molecular complexity index is 2220. The number of aromatic nitrogens is 1. The van der Waals surface area contributed by atoms with Crippen molar-refractivity contribution in [2.45, 2.75) is 44.2 Å². The number of hydrogen-bond donors (Lipinski definition) is 3. The molecule has 1 saturated heterocycles. The number of benzene rings is 3. The predicted octanol–water partition coefficient (Wildman–Crippen LogP) is 7.78. The molecule has 2 amide bonds. The molecule has 394 valence electrons. The number of rotatable bonds is 36. The summed E-state index contributed by atoms with van der Waals surface area (Å²) in [6.07, 6.45) is 0.285. The van der Waals surface area contributed by atoms with E-state index in [1.54, 1.807) is 30.0 Å². The van der Waals surface area contributed by atoms with Gasteiger partial charge in [0.15, 0.2) is 0 Å². The van der Waals surface area contributed by atoms with E-state index in [4.69, 9.17) is 43.0 Å². The van der Waals surface area contributed by atoms with Gasteiger partial charge in [-0.15, -0.1) is 0 Å². The van der Waals surface area contributed by atoms with Gasteiger partial charge in [-0.2, -0.15) is 24.9 Å². The number of nitrogens with zero attached hydrogens (tertiary/aromatic N) is 2. The monoisotopic (exact) mass is 1030 g/mol. The van der Waals surface area contributed by atoms with Gasteiger partial charge >= 0.3 is 12.1 Å². The molecule has 3 aromatic carbocycles. The zero-order valence-corrected chi connectivity index (χ0v) is 41.5. The summed E-state index contributed by atoms with van der Waals surface area (Å²) in [6.45, 7) is 8.51. The lowest BCUT2D eigenvalue weighted by atomic mass is 10.0. The molecule has 0 aliphatic carbocycles. The van der Waals surface area contributed by atoms with Gasteiger partial charge in [0.2, 0.25) is 0 Å². The third-order valence-electron chi connectivity index (χ3n) is 10.9. The van der Waals surface area contributed by atoms with E-state index in [0.29, 0.717) is 133 Å². The second kappa shape index (κ2) is 33.5. The van der Waals surface area contributed by atoms with Gasteiger partial charge in [-0.25, -0.2) is 0 Å². The average molecular weight is 1030 g/mol. The highest BCUT2D eigenvalue weighted by atomic mass is 32.2. The fourth-order valence-corrected chi connectivity index (χ4v) is 7.96. The Morgan fingerprint density at radius 3 is 1.76 bits per heavy atom. The average Bonchev–Trinajstić information content (AvgIpc) is 3.39. The second-order valence-corrected chi connectivity index (χ2v) is 17.4. The third-order valence-corrected chi connectivity index (χ3v) is 11.9. The molecule has 3 N–H and O–H groups in total. The van der Waals surface area contributed by atoms with Gasteiger partial charge in [0, 0.05) is 59.7 Å². The largest absolute Gasteiger partial charge is 0.481 e. The topological polar surface area (TPSA) is 185 Å². The van der Waals surface area contributed by atoms with Crippen LogP contribution in [0.3, 0.4) is 0 Å². The molecule has 1 aliphatic heterocycles. The van der Waals surface area contributed by atoms with Crippen molar-refractivity contribution < 1.29 is 70.6 Å². The number of carbonyl (C=O) groups is 3. The maximum absolute atomic E-state index is 13.8. The van der Waals surface area contributed by atoms with Gasteiger partial charge in [0.05, 0.1) is 129 Å². The molecule has 1 fully saturated rings. The number of anilines is 2. The van der Waals surface area contributed by atoms with Gasteiger partial charge in [0.25, 0.3) is 11.8 Å². The summed E-state index contributed by atoms with van der Waals surface area (Å²) in [5, 5.41) is 14.3. The van der Waals surface area contributed by atoms with Crippen LogP contribution in [-0.2, 0) is 61.2 Å². The molecule has 20 heteroatoms. The van der Waals surface area contributed by atoms with E-state index in [0.717, 1.165) is 61.5 Å². The van der Waals surface area contributed by atoms with E-state index < -0.39 is 23.6 Å². The van der Waals surface area contributed by atoms with Crippen LogP contribution in [0.1, 0.15) is 63.1 Å². The van der Waals surface area contributed by atoms with Crippen molar-refractivity contribution in [3.8, 4) is 11.3 Å². The number of carbonyl (C=O) groups excluding carboxylic acids is 2. The number of amides is 2. The summed E-state index contributed by atoms with van der Waals surface area (Å²) >= 11 is 1.69. The van der Waals surface area contributed by atoms with Crippen LogP contribution in [0.15, 0.2) is 85.1 Å². The number of carboxylic acid groups (broad SMARTS) is 1. The molecule has 1 aliphatic rings. The molecule has 4 aromatic rings. The Hall–Kier alpha value is -5.16. The van der Waals surface area contributed by atoms with Crippen molar-refractivity contribution in [2.75, 3.05) is 135 Å². The van der Waals surface area contributed by atoms with Crippen LogP contribution in [0.5, 0.6) is 0 Å². The van der Waals surface area contributed by atoms with Crippen LogP contribution >= 0.6 is 11.8 Å². The summed E-state index contributed by atoms with van der Waals surface area (Å²) in [6, 6.07) is 21.3. The Morgan fingerprint density at radius 1 is 0.611 bits per heavy atom. The first-order chi connectivity index (χ1) is 35.1. The highest BCUT2D eigenvalue weighted by Gasteiger charge is 2.30. The summed E-state index contributed by atoms with van der Waals surface area (Å²) < 4.78 is 83.5. The molecule has 72 heavy (non-hydrogen) atoms. The summed E-state index contributed by atoms with van der Waals surface area (Å²) in [5.41, 5.74) is 3.85. The number of thioether (sulfide) groups is 1. The maximum atomic E-state index is 13.8. The van der Waals surface area contributed by atoms with Crippen LogP contribution in [0.2, 0.25) is 0 Å². The van der Waals surface area contributed by atoms with E-state index in [1.807, 2.05) is 36.4 Å². The number of piperidine rings is 1. The normalized spacial score (nSPS) is 12.8. The molecule has 0 spiro atoms. The van der Waals surface area contributed by atoms with Gasteiger partial charge in [-0.1, -0.05) is 24.3 Å². The Balaban J connectivity index is 0.935. The first-order valence-electron chi connectivity index (χ1n) is 24.2. The summed E-state index contributed by atoms with van der Waals surface area (Å²) in [5.74, 6) is -0.225. The van der Waals surface area contributed by atoms with E-state index in [9.17, 15) is 27.6 Å². The number of pyridine rings is 1. The quantitative estimate of drug-likeness (QED) is 0.0375. The first kappa shape index (κ1) is 57.7. The number of aliphatic carboxylic acids is 1. The van der Waals surface area contributed by atoms with Crippen molar-refractivity contribution >= 4 is 40.9 Å². The molecule has 0 bridgehead atoms. The summed E-state index contributed by atoms with van der Waals surface area (Å²) in [7, 11) is 0. The lowest BCUT2D eigenvalue weighted by Crippen LogP contribution is -2.29. The molecular formula is C52H67F3N4O12S. The van der Waals surface area contributed by atoms with E-state index in [-0.39, 0.29) is 31.0 Å². The van der Waals surface area contributed by atoms with Gasteiger partial charge in [-0.3, -0.25) is 19.4 Å². The Kier molecular flexibility index (Phi) is 26.9. The lowest BCUT2D eigenvalue weighted by molar-refractivity contribution is -0.139. The van der Waals surface area contributed by atoms with E-state index >= 15 is 0 Å². The standard InChI is InChI=1S/C52H67F3N4O12S/c53-52(54,55)44-9-5-6-40(35-44)38-57-50(62)43-12-14-56-48(36-43)46-37-45(59-15-2-1-3-16-59)10-11-47(46)58-51(63)42-8-4-7-41(34-42)39-72-33-32-71-31-30-70-29-28-69-27-26-68-25-24-67-23-22-66-21-20-65-19-18-64-17-13-49(60)61/h4-12,14,34-37H,1-3,13,15-33,38-39H2,(H,57,62)(H,58,63)(H,60,61). The van der Waals surface area contributed by atoms with Crippen molar-refractivity contribution in [2.24, 2.45) is 0 Å². The number of halogens is 3. The first-order valence-corrected chi connectivity index (χ1v) is 25.3. The smallest absolute Gasteiger partial charge is 0.416 e. The van der Waals surface area contributed by atoms with E-state index in [2.05, 4.69) is 20.5 Å². The Morgan fingerprint density at radius 2 is 1.17 bits per heavy atom.